The van der Waals surface area contributed by atoms with Gasteiger partial charge in [-0.25, -0.2) is 4.98 Å². The second-order valence-corrected chi connectivity index (χ2v) is 6.85. The summed E-state index contributed by atoms with van der Waals surface area (Å²) in [6.45, 7) is 2.58. The molecule has 0 saturated carbocycles. The van der Waals surface area contributed by atoms with Crippen LogP contribution in [-0.4, -0.2) is 22.4 Å². The standard InChI is InChI=1S/C16H16N2O2S2/c1-3-21-16-17-13-8-9-22-14(13)15(19)18(16)10-11-4-6-12(20-2)7-5-11/h4-9H,3,10H2,1-2H3. The first-order valence-corrected chi connectivity index (χ1v) is 8.83. The summed E-state index contributed by atoms with van der Waals surface area (Å²) in [6.07, 6.45) is 0. The number of rotatable bonds is 5. The van der Waals surface area contributed by atoms with Gasteiger partial charge in [0.15, 0.2) is 5.16 Å². The summed E-state index contributed by atoms with van der Waals surface area (Å²) < 4.78 is 7.64. The molecule has 3 aromatic rings. The molecule has 0 saturated heterocycles. The van der Waals surface area contributed by atoms with E-state index in [4.69, 9.17) is 4.74 Å². The summed E-state index contributed by atoms with van der Waals surface area (Å²) in [5, 5.41) is 2.69. The Balaban J connectivity index is 2.05. The fourth-order valence-corrected chi connectivity index (χ4v) is 3.72. The quantitative estimate of drug-likeness (QED) is 0.529. The average molecular weight is 332 g/mol. The van der Waals surface area contributed by atoms with E-state index in [0.717, 1.165) is 27.7 Å². The van der Waals surface area contributed by atoms with E-state index in [9.17, 15) is 4.79 Å². The van der Waals surface area contributed by atoms with Gasteiger partial charge < -0.3 is 4.74 Å². The molecule has 1 aromatic carbocycles. The first-order chi connectivity index (χ1) is 10.7. The van der Waals surface area contributed by atoms with Crippen molar-refractivity contribution in [1.82, 2.24) is 9.55 Å². The molecular formula is C16H16N2O2S2. The number of aromatic nitrogens is 2. The van der Waals surface area contributed by atoms with Gasteiger partial charge in [-0.1, -0.05) is 30.8 Å². The van der Waals surface area contributed by atoms with Crippen LogP contribution in [0.25, 0.3) is 10.2 Å². The fraction of sp³-hybridized carbons (Fsp3) is 0.250. The van der Waals surface area contributed by atoms with E-state index in [-0.39, 0.29) is 5.56 Å². The Bertz CT molecular complexity index is 837. The molecule has 0 fully saturated rings. The number of benzene rings is 1. The maximum atomic E-state index is 12.7. The maximum absolute atomic E-state index is 12.7. The highest BCUT2D eigenvalue weighted by Crippen LogP contribution is 2.22. The largest absolute Gasteiger partial charge is 0.497 e. The number of ether oxygens (including phenoxy) is 1. The van der Waals surface area contributed by atoms with E-state index >= 15 is 0 Å². The Kier molecular flexibility index (Phi) is 4.49. The summed E-state index contributed by atoms with van der Waals surface area (Å²) in [6, 6.07) is 9.67. The van der Waals surface area contributed by atoms with Crippen molar-refractivity contribution in [2.75, 3.05) is 12.9 Å². The number of thiophene rings is 1. The van der Waals surface area contributed by atoms with Crippen LogP contribution in [-0.2, 0) is 6.54 Å². The van der Waals surface area contributed by atoms with Crippen LogP contribution in [0.5, 0.6) is 5.75 Å². The van der Waals surface area contributed by atoms with E-state index < -0.39 is 0 Å². The van der Waals surface area contributed by atoms with Crippen molar-refractivity contribution in [2.24, 2.45) is 0 Å². The molecule has 0 aliphatic carbocycles. The van der Waals surface area contributed by atoms with Gasteiger partial charge in [0.25, 0.3) is 5.56 Å². The molecular weight excluding hydrogens is 316 g/mol. The van der Waals surface area contributed by atoms with E-state index in [1.165, 1.54) is 11.3 Å². The molecule has 0 aliphatic rings. The van der Waals surface area contributed by atoms with Gasteiger partial charge in [0, 0.05) is 0 Å². The van der Waals surface area contributed by atoms with Crippen molar-refractivity contribution in [1.29, 1.82) is 0 Å². The van der Waals surface area contributed by atoms with Gasteiger partial charge in [-0.15, -0.1) is 11.3 Å². The first-order valence-electron chi connectivity index (χ1n) is 6.96. The van der Waals surface area contributed by atoms with Gasteiger partial charge in [0.05, 0.1) is 19.2 Å². The van der Waals surface area contributed by atoms with Crippen LogP contribution in [0, 0.1) is 0 Å². The lowest BCUT2D eigenvalue weighted by Gasteiger charge is -2.11. The second-order valence-electron chi connectivity index (χ2n) is 4.70. The predicted molar refractivity (Wildman–Crippen MR) is 92.4 cm³/mol. The highest BCUT2D eigenvalue weighted by molar-refractivity contribution is 7.99. The van der Waals surface area contributed by atoms with Crippen molar-refractivity contribution in [3.05, 3.63) is 51.6 Å². The number of methoxy groups -OCH3 is 1. The Morgan fingerprint density at radius 2 is 2.05 bits per heavy atom. The number of thioether (sulfide) groups is 1. The smallest absolute Gasteiger partial charge is 0.272 e. The van der Waals surface area contributed by atoms with Crippen molar-refractivity contribution >= 4 is 33.3 Å². The third-order valence-electron chi connectivity index (χ3n) is 3.30. The van der Waals surface area contributed by atoms with Crippen LogP contribution < -0.4 is 10.3 Å². The molecule has 0 radical (unpaired) electrons. The zero-order valence-electron chi connectivity index (χ0n) is 12.4. The van der Waals surface area contributed by atoms with Gasteiger partial charge in [-0.2, -0.15) is 0 Å². The summed E-state index contributed by atoms with van der Waals surface area (Å²) in [5.41, 5.74) is 1.88. The minimum absolute atomic E-state index is 0.0340. The lowest BCUT2D eigenvalue weighted by atomic mass is 10.2. The predicted octanol–water partition coefficient (Wildman–Crippen LogP) is 3.63. The molecule has 0 N–H and O–H groups in total. The van der Waals surface area contributed by atoms with Crippen molar-refractivity contribution in [3.63, 3.8) is 0 Å². The lowest BCUT2D eigenvalue weighted by molar-refractivity contribution is 0.414. The SMILES string of the molecule is CCSc1nc2ccsc2c(=O)n1Cc1ccc(OC)cc1. The zero-order valence-corrected chi connectivity index (χ0v) is 14.0. The summed E-state index contributed by atoms with van der Waals surface area (Å²) in [5.74, 6) is 1.69. The summed E-state index contributed by atoms with van der Waals surface area (Å²) in [4.78, 5) is 17.3. The molecule has 0 aliphatic heterocycles. The first kappa shape index (κ1) is 15.1. The minimum Gasteiger partial charge on any atom is -0.497 e. The summed E-state index contributed by atoms with van der Waals surface area (Å²) in [7, 11) is 1.64. The molecule has 6 heteroatoms. The minimum atomic E-state index is 0.0340. The Morgan fingerprint density at radius 3 is 2.73 bits per heavy atom. The van der Waals surface area contributed by atoms with Crippen molar-refractivity contribution in [3.8, 4) is 5.75 Å². The average Bonchev–Trinajstić information content (AvgIpc) is 3.00. The van der Waals surface area contributed by atoms with Crippen LogP contribution in [0.15, 0.2) is 45.7 Å². The highest BCUT2D eigenvalue weighted by atomic mass is 32.2. The van der Waals surface area contributed by atoms with Crippen LogP contribution in [0.3, 0.4) is 0 Å². The van der Waals surface area contributed by atoms with E-state index in [2.05, 4.69) is 11.9 Å². The number of hydrogen-bond acceptors (Lipinski definition) is 5. The number of fused-ring (bicyclic) bond motifs is 1. The van der Waals surface area contributed by atoms with Gasteiger partial charge in [0.1, 0.15) is 10.4 Å². The van der Waals surface area contributed by atoms with E-state index in [1.54, 1.807) is 23.4 Å². The normalized spacial score (nSPS) is 11.0. The molecule has 0 unspecified atom stereocenters. The molecule has 2 heterocycles. The van der Waals surface area contributed by atoms with Crippen LogP contribution >= 0.6 is 23.1 Å². The third kappa shape index (κ3) is 2.89. The Hall–Kier alpha value is -1.79. The maximum Gasteiger partial charge on any atom is 0.272 e. The molecule has 114 valence electrons. The van der Waals surface area contributed by atoms with E-state index in [1.807, 2.05) is 35.7 Å². The second kappa shape index (κ2) is 6.54. The molecule has 4 nitrogen and oxygen atoms in total. The van der Waals surface area contributed by atoms with Gasteiger partial charge >= 0.3 is 0 Å². The van der Waals surface area contributed by atoms with Crippen molar-refractivity contribution < 1.29 is 4.74 Å². The highest BCUT2D eigenvalue weighted by Gasteiger charge is 2.12. The molecule has 22 heavy (non-hydrogen) atoms. The lowest BCUT2D eigenvalue weighted by Crippen LogP contribution is -2.23. The Morgan fingerprint density at radius 1 is 1.27 bits per heavy atom. The van der Waals surface area contributed by atoms with Crippen LogP contribution in [0.2, 0.25) is 0 Å². The monoisotopic (exact) mass is 332 g/mol. The summed E-state index contributed by atoms with van der Waals surface area (Å²) >= 11 is 3.04. The molecule has 0 amide bonds. The third-order valence-corrected chi connectivity index (χ3v) is 5.05. The topological polar surface area (TPSA) is 44.1 Å². The molecule has 3 rings (SSSR count). The van der Waals surface area contributed by atoms with Crippen molar-refractivity contribution in [2.45, 2.75) is 18.6 Å². The van der Waals surface area contributed by atoms with Gasteiger partial charge in [-0.05, 0) is 34.9 Å². The van der Waals surface area contributed by atoms with Gasteiger partial charge in [0.2, 0.25) is 0 Å². The number of nitrogens with zero attached hydrogens (tertiary/aromatic N) is 2. The zero-order chi connectivity index (χ0) is 15.5. The van der Waals surface area contributed by atoms with Gasteiger partial charge in [-0.3, -0.25) is 9.36 Å². The molecule has 2 aromatic heterocycles. The van der Waals surface area contributed by atoms with E-state index in [0.29, 0.717) is 11.2 Å². The molecule has 0 bridgehead atoms. The molecule has 0 atom stereocenters. The molecule has 0 spiro atoms. The Labute approximate surface area is 136 Å². The van der Waals surface area contributed by atoms with Crippen LogP contribution in [0.1, 0.15) is 12.5 Å². The fourth-order valence-electron chi connectivity index (χ4n) is 2.22. The van der Waals surface area contributed by atoms with Crippen LogP contribution in [0.4, 0.5) is 0 Å². The number of hydrogen-bond donors (Lipinski definition) is 0.